The summed E-state index contributed by atoms with van der Waals surface area (Å²) < 4.78 is 12.8. The normalized spacial score (nSPS) is 13.2. The molecule has 0 aliphatic rings. The van der Waals surface area contributed by atoms with Crippen LogP contribution in [0.25, 0.3) is 0 Å². The zero-order valence-electron chi connectivity index (χ0n) is 8.57. The highest BCUT2D eigenvalue weighted by molar-refractivity contribution is 5.13. The number of aliphatic hydroxyl groups is 1. The maximum Gasteiger partial charge on any atom is 0.141 e. The predicted molar refractivity (Wildman–Crippen MR) is 53.2 cm³/mol. The molecule has 0 spiro atoms. The van der Waals surface area contributed by atoms with Crippen LogP contribution in [0.5, 0.6) is 0 Å². The first kappa shape index (κ1) is 11.1. The standard InChI is InChI=1S/C11H16FNO/c1-3-8(4-2)11(14)9-5-10(12)7-13-6-9/h5-8,11,14H,3-4H2,1-2H3. The summed E-state index contributed by atoms with van der Waals surface area (Å²) in [7, 11) is 0. The molecule has 0 amide bonds. The summed E-state index contributed by atoms with van der Waals surface area (Å²) in [5, 5.41) is 9.90. The Balaban J connectivity index is 2.82. The summed E-state index contributed by atoms with van der Waals surface area (Å²) in [5.74, 6) is -0.217. The van der Waals surface area contributed by atoms with Crippen molar-refractivity contribution in [3.05, 3.63) is 29.8 Å². The summed E-state index contributed by atoms with van der Waals surface area (Å²) in [6.07, 6.45) is 3.82. The molecule has 1 rings (SSSR count). The van der Waals surface area contributed by atoms with Gasteiger partial charge >= 0.3 is 0 Å². The average Bonchev–Trinajstić information content (AvgIpc) is 2.19. The lowest BCUT2D eigenvalue weighted by Gasteiger charge is -2.19. The van der Waals surface area contributed by atoms with Gasteiger partial charge in [0, 0.05) is 11.8 Å². The van der Waals surface area contributed by atoms with Crippen LogP contribution in [-0.4, -0.2) is 10.1 Å². The fraction of sp³-hybridized carbons (Fsp3) is 0.545. The van der Waals surface area contributed by atoms with Crippen LogP contribution in [0.15, 0.2) is 18.5 Å². The molecular formula is C11H16FNO. The van der Waals surface area contributed by atoms with E-state index in [9.17, 15) is 9.50 Å². The number of rotatable bonds is 4. The lowest BCUT2D eigenvalue weighted by Crippen LogP contribution is -2.11. The zero-order valence-corrected chi connectivity index (χ0v) is 8.57. The molecule has 3 heteroatoms. The SMILES string of the molecule is CCC(CC)C(O)c1cncc(F)c1. The first-order chi connectivity index (χ1) is 6.69. The minimum Gasteiger partial charge on any atom is -0.388 e. The molecule has 0 saturated heterocycles. The van der Waals surface area contributed by atoms with E-state index in [0.29, 0.717) is 5.56 Å². The third kappa shape index (κ3) is 2.51. The topological polar surface area (TPSA) is 33.1 Å². The molecule has 1 unspecified atom stereocenters. The van der Waals surface area contributed by atoms with Crippen LogP contribution in [0, 0.1) is 11.7 Å². The van der Waals surface area contributed by atoms with Gasteiger partial charge in [-0.15, -0.1) is 0 Å². The quantitative estimate of drug-likeness (QED) is 0.805. The molecule has 14 heavy (non-hydrogen) atoms. The Bertz CT molecular complexity index is 286. The Kier molecular flexibility index (Phi) is 4.01. The molecule has 2 nitrogen and oxygen atoms in total. The number of nitrogens with zero attached hydrogens (tertiary/aromatic N) is 1. The summed E-state index contributed by atoms with van der Waals surface area (Å²) >= 11 is 0. The Morgan fingerprint density at radius 1 is 1.36 bits per heavy atom. The van der Waals surface area contributed by atoms with E-state index >= 15 is 0 Å². The molecule has 1 heterocycles. The highest BCUT2D eigenvalue weighted by Crippen LogP contribution is 2.26. The third-order valence-corrected chi connectivity index (χ3v) is 2.56. The van der Waals surface area contributed by atoms with Gasteiger partial charge in [0.05, 0.1) is 12.3 Å². The monoisotopic (exact) mass is 197 g/mol. The van der Waals surface area contributed by atoms with E-state index in [1.54, 1.807) is 0 Å². The van der Waals surface area contributed by atoms with E-state index in [1.807, 2.05) is 13.8 Å². The summed E-state index contributed by atoms with van der Waals surface area (Å²) in [4.78, 5) is 3.72. The minimum atomic E-state index is -0.604. The van der Waals surface area contributed by atoms with Gasteiger partial charge in [-0.3, -0.25) is 4.98 Å². The average molecular weight is 197 g/mol. The van der Waals surface area contributed by atoms with Crippen molar-refractivity contribution in [1.29, 1.82) is 0 Å². The van der Waals surface area contributed by atoms with Crippen LogP contribution in [0.3, 0.4) is 0 Å². The third-order valence-electron chi connectivity index (χ3n) is 2.56. The number of hydrogen-bond donors (Lipinski definition) is 1. The van der Waals surface area contributed by atoms with Gasteiger partial charge in [-0.1, -0.05) is 26.7 Å². The maximum absolute atomic E-state index is 12.8. The minimum absolute atomic E-state index is 0.179. The van der Waals surface area contributed by atoms with Crippen LogP contribution < -0.4 is 0 Å². The number of aromatic nitrogens is 1. The second-order valence-corrected chi connectivity index (χ2v) is 3.46. The van der Waals surface area contributed by atoms with Crippen LogP contribution in [-0.2, 0) is 0 Å². The number of halogens is 1. The first-order valence-electron chi connectivity index (χ1n) is 4.97. The van der Waals surface area contributed by atoms with Crippen molar-refractivity contribution in [2.24, 2.45) is 5.92 Å². The van der Waals surface area contributed by atoms with E-state index in [-0.39, 0.29) is 5.92 Å². The van der Waals surface area contributed by atoms with Crippen molar-refractivity contribution < 1.29 is 9.50 Å². The molecule has 0 radical (unpaired) electrons. The predicted octanol–water partition coefficient (Wildman–Crippen LogP) is 2.69. The van der Waals surface area contributed by atoms with Crippen molar-refractivity contribution in [3.63, 3.8) is 0 Å². The fourth-order valence-electron chi connectivity index (χ4n) is 1.60. The van der Waals surface area contributed by atoms with Crippen LogP contribution in [0.1, 0.15) is 38.4 Å². The maximum atomic E-state index is 12.8. The van der Waals surface area contributed by atoms with Gasteiger partial charge in [-0.25, -0.2) is 4.39 Å². The molecule has 0 aliphatic carbocycles. The molecule has 0 fully saturated rings. The smallest absolute Gasteiger partial charge is 0.141 e. The van der Waals surface area contributed by atoms with Crippen LogP contribution >= 0.6 is 0 Å². The molecular weight excluding hydrogens is 181 g/mol. The Labute approximate surface area is 83.8 Å². The molecule has 0 aromatic carbocycles. The second kappa shape index (κ2) is 5.05. The lowest BCUT2D eigenvalue weighted by atomic mass is 9.92. The molecule has 1 atom stereocenters. The van der Waals surface area contributed by atoms with Crippen LogP contribution in [0.2, 0.25) is 0 Å². The molecule has 0 saturated carbocycles. The molecule has 1 aromatic rings. The van der Waals surface area contributed by atoms with Gasteiger partial charge in [0.1, 0.15) is 5.82 Å². The molecule has 0 bridgehead atoms. The van der Waals surface area contributed by atoms with Crippen molar-refractivity contribution in [2.45, 2.75) is 32.8 Å². The van der Waals surface area contributed by atoms with Gasteiger partial charge < -0.3 is 5.11 Å². The van der Waals surface area contributed by atoms with Crippen molar-refractivity contribution in [2.75, 3.05) is 0 Å². The van der Waals surface area contributed by atoms with E-state index in [2.05, 4.69) is 4.98 Å². The summed E-state index contributed by atoms with van der Waals surface area (Å²) in [6, 6.07) is 1.34. The van der Waals surface area contributed by atoms with E-state index in [1.165, 1.54) is 12.3 Å². The van der Waals surface area contributed by atoms with Gasteiger partial charge in [0.15, 0.2) is 0 Å². The molecule has 1 aromatic heterocycles. The van der Waals surface area contributed by atoms with Gasteiger partial charge in [-0.2, -0.15) is 0 Å². The molecule has 78 valence electrons. The van der Waals surface area contributed by atoms with E-state index in [4.69, 9.17) is 0 Å². The van der Waals surface area contributed by atoms with Gasteiger partial charge in [0.2, 0.25) is 0 Å². The number of pyridine rings is 1. The van der Waals surface area contributed by atoms with E-state index in [0.717, 1.165) is 19.0 Å². The molecule has 1 N–H and O–H groups in total. The van der Waals surface area contributed by atoms with Crippen molar-refractivity contribution in [1.82, 2.24) is 4.98 Å². The highest BCUT2D eigenvalue weighted by Gasteiger charge is 2.17. The lowest BCUT2D eigenvalue weighted by molar-refractivity contribution is 0.103. The fourth-order valence-corrected chi connectivity index (χ4v) is 1.60. The number of hydrogen-bond acceptors (Lipinski definition) is 2. The molecule has 0 aliphatic heterocycles. The second-order valence-electron chi connectivity index (χ2n) is 3.46. The van der Waals surface area contributed by atoms with Gasteiger partial charge in [0.25, 0.3) is 0 Å². The number of aliphatic hydroxyl groups excluding tert-OH is 1. The van der Waals surface area contributed by atoms with Crippen molar-refractivity contribution in [3.8, 4) is 0 Å². The first-order valence-corrected chi connectivity index (χ1v) is 4.97. The Hall–Kier alpha value is -0.960. The summed E-state index contributed by atoms with van der Waals surface area (Å²) in [6.45, 7) is 4.04. The largest absolute Gasteiger partial charge is 0.388 e. The Morgan fingerprint density at radius 3 is 2.50 bits per heavy atom. The Morgan fingerprint density at radius 2 is 2.00 bits per heavy atom. The highest BCUT2D eigenvalue weighted by atomic mass is 19.1. The van der Waals surface area contributed by atoms with E-state index < -0.39 is 11.9 Å². The summed E-state index contributed by atoms with van der Waals surface area (Å²) in [5.41, 5.74) is 0.568. The van der Waals surface area contributed by atoms with Gasteiger partial charge in [-0.05, 0) is 12.0 Å². The van der Waals surface area contributed by atoms with Crippen molar-refractivity contribution >= 4 is 0 Å². The van der Waals surface area contributed by atoms with Crippen LogP contribution in [0.4, 0.5) is 4.39 Å². The zero-order chi connectivity index (χ0) is 10.6.